The molecule has 1 N–H and O–H groups in total. The van der Waals surface area contributed by atoms with Crippen molar-refractivity contribution in [2.45, 2.75) is 52.4 Å². The SMILES string of the molecule is COc1cnc(-c2nn(Cc3c(F)cc(OCCCO[C@H]4CCCCO4)cc3F)c3ccccc23)nc1Nc1cc(C)ncc1C. The summed E-state index contributed by atoms with van der Waals surface area (Å²) in [5, 5.41) is 8.78. The van der Waals surface area contributed by atoms with Gasteiger partial charge in [0.05, 0.1) is 38.6 Å². The highest BCUT2D eigenvalue weighted by Crippen LogP contribution is 2.32. The minimum absolute atomic E-state index is 0.116. The van der Waals surface area contributed by atoms with Crippen LogP contribution in [-0.4, -0.2) is 58.0 Å². The lowest BCUT2D eigenvalue weighted by molar-refractivity contribution is -0.163. The molecule has 0 bridgehead atoms. The zero-order valence-electron chi connectivity index (χ0n) is 26.1. The van der Waals surface area contributed by atoms with Crippen LogP contribution in [-0.2, 0) is 16.0 Å². The van der Waals surface area contributed by atoms with E-state index >= 15 is 8.78 Å². The summed E-state index contributed by atoms with van der Waals surface area (Å²) < 4.78 is 54.5. The number of aromatic nitrogens is 5. The van der Waals surface area contributed by atoms with E-state index in [4.69, 9.17) is 29.0 Å². The highest BCUT2D eigenvalue weighted by molar-refractivity contribution is 5.92. The number of ether oxygens (including phenoxy) is 4. The maximum Gasteiger partial charge on any atom is 0.183 e. The number of nitrogens with one attached hydrogen (secondary N) is 1. The van der Waals surface area contributed by atoms with Crippen molar-refractivity contribution in [1.29, 1.82) is 0 Å². The second-order valence-electron chi connectivity index (χ2n) is 11.1. The van der Waals surface area contributed by atoms with Crippen molar-refractivity contribution in [1.82, 2.24) is 24.7 Å². The Kier molecular flexibility index (Phi) is 9.65. The molecule has 4 heterocycles. The van der Waals surface area contributed by atoms with Gasteiger partial charge in [-0.05, 0) is 50.8 Å². The molecule has 1 atom stereocenters. The second-order valence-corrected chi connectivity index (χ2v) is 11.1. The number of nitrogens with zero attached hydrogens (tertiary/aromatic N) is 5. The van der Waals surface area contributed by atoms with E-state index in [0.717, 1.165) is 41.6 Å². The van der Waals surface area contributed by atoms with E-state index in [0.29, 0.717) is 48.2 Å². The molecule has 0 spiro atoms. The Balaban J connectivity index is 1.21. The minimum Gasteiger partial charge on any atom is -0.493 e. The number of hydrogen-bond donors (Lipinski definition) is 1. The average Bonchev–Trinajstić information content (AvgIpc) is 3.43. The molecule has 3 aromatic heterocycles. The number of halogens is 2. The molecule has 1 fully saturated rings. The predicted octanol–water partition coefficient (Wildman–Crippen LogP) is 6.90. The molecule has 0 saturated carbocycles. The quantitative estimate of drug-likeness (QED) is 0.147. The van der Waals surface area contributed by atoms with E-state index < -0.39 is 11.6 Å². The number of aryl methyl sites for hydroxylation is 2. The first-order valence-electron chi connectivity index (χ1n) is 15.3. The largest absolute Gasteiger partial charge is 0.493 e. The summed E-state index contributed by atoms with van der Waals surface area (Å²) in [5.41, 5.74) is 3.61. The van der Waals surface area contributed by atoms with Crippen molar-refractivity contribution >= 4 is 22.4 Å². The topological polar surface area (TPSA) is 105 Å². The Morgan fingerprint density at radius 2 is 1.85 bits per heavy atom. The van der Waals surface area contributed by atoms with Crippen molar-refractivity contribution in [3.05, 3.63) is 83.3 Å². The van der Waals surface area contributed by atoms with Crippen LogP contribution >= 0.6 is 0 Å². The van der Waals surface area contributed by atoms with E-state index in [2.05, 4.69) is 15.3 Å². The number of hydrogen-bond acceptors (Lipinski definition) is 9. The minimum atomic E-state index is -0.724. The Morgan fingerprint density at radius 1 is 1.02 bits per heavy atom. The van der Waals surface area contributed by atoms with Crippen LogP contribution in [0.3, 0.4) is 0 Å². The number of anilines is 2. The summed E-state index contributed by atoms with van der Waals surface area (Å²) in [6, 6.07) is 11.7. The number of para-hydroxylation sites is 1. The first-order chi connectivity index (χ1) is 22.4. The number of fused-ring (bicyclic) bond motifs is 1. The fourth-order valence-corrected chi connectivity index (χ4v) is 5.30. The number of rotatable bonds is 12. The molecule has 12 heteroatoms. The van der Waals surface area contributed by atoms with Gasteiger partial charge < -0.3 is 24.3 Å². The molecule has 240 valence electrons. The van der Waals surface area contributed by atoms with Gasteiger partial charge in [0.15, 0.2) is 23.7 Å². The van der Waals surface area contributed by atoms with Gasteiger partial charge in [0.2, 0.25) is 0 Å². The van der Waals surface area contributed by atoms with Crippen LogP contribution in [0.5, 0.6) is 11.5 Å². The first-order valence-corrected chi connectivity index (χ1v) is 15.3. The zero-order valence-corrected chi connectivity index (χ0v) is 26.1. The van der Waals surface area contributed by atoms with Gasteiger partial charge in [-0.1, -0.05) is 18.2 Å². The Morgan fingerprint density at radius 3 is 2.63 bits per heavy atom. The van der Waals surface area contributed by atoms with Gasteiger partial charge in [-0.15, -0.1) is 0 Å². The van der Waals surface area contributed by atoms with E-state index in [9.17, 15) is 0 Å². The maximum atomic E-state index is 15.3. The Bertz CT molecular complexity index is 1800. The lowest BCUT2D eigenvalue weighted by Crippen LogP contribution is -2.23. The normalized spacial score (nSPS) is 14.8. The third kappa shape index (κ3) is 7.08. The summed E-state index contributed by atoms with van der Waals surface area (Å²) in [7, 11) is 1.54. The van der Waals surface area contributed by atoms with Crippen LogP contribution in [0.25, 0.3) is 22.4 Å². The summed E-state index contributed by atoms with van der Waals surface area (Å²) in [6.07, 6.45) is 6.75. The van der Waals surface area contributed by atoms with Crippen molar-refractivity contribution in [2.24, 2.45) is 0 Å². The van der Waals surface area contributed by atoms with Crippen molar-refractivity contribution in [3.8, 4) is 23.0 Å². The average molecular weight is 631 g/mol. The summed E-state index contributed by atoms with van der Waals surface area (Å²) in [4.78, 5) is 13.6. The van der Waals surface area contributed by atoms with Gasteiger partial charge in [0.25, 0.3) is 0 Å². The molecule has 0 amide bonds. The second kappa shape index (κ2) is 14.2. The smallest absolute Gasteiger partial charge is 0.183 e. The highest BCUT2D eigenvalue weighted by Gasteiger charge is 2.20. The lowest BCUT2D eigenvalue weighted by Gasteiger charge is -2.22. The van der Waals surface area contributed by atoms with Crippen molar-refractivity contribution in [2.75, 3.05) is 32.2 Å². The van der Waals surface area contributed by atoms with Crippen LogP contribution in [0.1, 0.15) is 42.5 Å². The molecule has 0 radical (unpaired) electrons. The van der Waals surface area contributed by atoms with E-state index in [-0.39, 0.29) is 30.8 Å². The fraction of sp³-hybridized carbons (Fsp3) is 0.353. The molecular weight excluding hydrogens is 594 g/mol. The van der Waals surface area contributed by atoms with Gasteiger partial charge in [-0.25, -0.2) is 18.7 Å². The molecule has 0 unspecified atom stereocenters. The third-order valence-corrected chi connectivity index (χ3v) is 7.76. The van der Waals surface area contributed by atoms with E-state index in [1.807, 2.05) is 44.2 Å². The first kappa shape index (κ1) is 31.3. The van der Waals surface area contributed by atoms with Crippen LogP contribution in [0.4, 0.5) is 20.3 Å². The van der Waals surface area contributed by atoms with E-state index in [1.165, 1.54) is 12.1 Å². The molecule has 5 aromatic rings. The molecule has 1 saturated heterocycles. The standard InChI is InChI=1S/C34H36F2N6O4/c1-21-18-37-22(2)15-28(21)39-33-30(43-3)19-38-34(40-33)32-24-9-4-5-10-29(24)42(41-32)20-25-26(35)16-23(17-27(25)36)44-13-8-14-46-31-11-6-7-12-45-31/h4-5,9-10,15-19,31H,6-8,11-14,20H2,1-3H3,(H,37,38,39,40)/t31-/m0/s1. The molecule has 2 aromatic carbocycles. The zero-order chi connectivity index (χ0) is 32.0. The van der Waals surface area contributed by atoms with Crippen LogP contribution in [0.15, 0.2) is 54.9 Å². The van der Waals surface area contributed by atoms with Gasteiger partial charge in [0.1, 0.15) is 23.1 Å². The fourth-order valence-electron chi connectivity index (χ4n) is 5.30. The van der Waals surface area contributed by atoms with Crippen LogP contribution < -0.4 is 14.8 Å². The van der Waals surface area contributed by atoms with Gasteiger partial charge in [0, 0.05) is 53.7 Å². The van der Waals surface area contributed by atoms with Crippen LogP contribution in [0.2, 0.25) is 0 Å². The summed E-state index contributed by atoms with van der Waals surface area (Å²) in [5.74, 6) is -0.119. The molecule has 0 aliphatic carbocycles. The van der Waals surface area contributed by atoms with Crippen molar-refractivity contribution < 1.29 is 27.7 Å². The van der Waals surface area contributed by atoms with Gasteiger partial charge in [-0.3, -0.25) is 9.67 Å². The third-order valence-electron chi connectivity index (χ3n) is 7.76. The molecule has 10 nitrogen and oxygen atoms in total. The molecule has 46 heavy (non-hydrogen) atoms. The number of pyridine rings is 1. The predicted molar refractivity (Wildman–Crippen MR) is 169 cm³/mol. The van der Waals surface area contributed by atoms with E-state index in [1.54, 1.807) is 24.2 Å². The highest BCUT2D eigenvalue weighted by atomic mass is 19.1. The molecule has 6 rings (SSSR count). The summed E-state index contributed by atoms with van der Waals surface area (Å²) >= 11 is 0. The van der Waals surface area contributed by atoms with Gasteiger partial charge in [-0.2, -0.15) is 5.10 Å². The molecule has 1 aliphatic heterocycles. The number of benzene rings is 2. The monoisotopic (exact) mass is 630 g/mol. The lowest BCUT2D eigenvalue weighted by atomic mass is 10.1. The molecule has 1 aliphatic rings. The Hall–Kier alpha value is -4.68. The van der Waals surface area contributed by atoms with Crippen LogP contribution in [0, 0.1) is 25.5 Å². The number of methoxy groups -OCH3 is 1. The summed E-state index contributed by atoms with van der Waals surface area (Å²) in [6.45, 7) is 5.12. The van der Waals surface area contributed by atoms with Gasteiger partial charge >= 0.3 is 0 Å². The Labute approximate surface area is 265 Å². The van der Waals surface area contributed by atoms with Crippen molar-refractivity contribution in [3.63, 3.8) is 0 Å². The maximum absolute atomic E-state index is 15.3. The molecular formula is C34H36F2N6O4.